The summed E-state index contributed by atoms with van der Waals surface area (Å²) in [5.41, 5.74) is 0.886. The predicted molar refractivity (Wildman–Crippen MR) is 74.7 cm³/mol. The molecule has 0 radical (unpaired) electrons. The summed E-state index contributed by atoms with van der Waals surface area (Å²) in [6, 6.07) is 0. The molecule has 2 aromatic heterocycles. The smallest absolute Gasteiger partial charge is 0.255 e. The largest absolute Gasteiger partial charge is 0.385 e. The Balaban J connectivity index is 1.99. The van der Waals surface area contributed by atoms with E-state index >= 15 is 0 Å². The Kier molecular flexibility index (Phi) is 4.93. The first-order valence-electron chi connectivity index (χ1n) is 6.32. The Hall–Kier alpha value is -1.40. The number of fused-ring (bicyclic) bond motifs is 1. The summed E-state index contributed by atoms with van der Waals surface area (Å²) >= 11 is 6.08. The van der Waals surface area contributed by atoms with Crippen LogP contribution >= 0.6 is 11.6 Å². The van der Waals surface area contributed by atoms with Gasteiger partial charge >= 0.3 is 0 Å². The number of methoxy groups -OCH3 is 1. The zero-order valence-electron chi connectivity index (χ0n) is 11.2. The van der Waals surface area contributed by atoms with Crippen LogP contribution in [0.25, 0.3) is 5.78 Å². The van der Waals surface area contributed by atoms with E-state index in [1.54, 1.807) is 11.6 Å². The van der Waals surface area contributed by atoms with Crippen LogP contribution in [0.2, 0.25) is 5.15 Å². The molecular formula is C12H18ClN5O. The molecule has 2 aromatic rings. The van der Waals surface area contributed by atoms with E-state index in [1.807, 2.05) is 6.92 Å². The summed E-state index contributed by atoms with van der Waals surface area (Å²) in [4.78, 5) is 8.21. The molecule has 2 heterocycles. The van der Waals surface area contributed by atoms with Gasteiger partial charge in [-0.25, -0.2) is 0 Å². The summed E-state index contributed by atoms with van der Waals surface area (Å²) in [6.07, 6.45) is 4.74. The van der Waals surface area contributed by atoms with Crippen molar-refractivity contribution in [3.05, 3.63) is 17.0 Å². The van der Waals surface area contributed by atoms with Crippen molar-refractivity contribution in [1.29, 1.82) is 0 Å². The summed E-state index contributed by atoms with van der Waals surface area (Å²) in [7, 11) is 1.72. The van der Waals surface area contributed by atoms with Crippen LogP contribution in [0.3, 0.4) is 0 Å². The Labute approximate surface area is 117 Å². The molecule has 0 amide bonds. The first-order valence-corrected chi connectivity index (χ1v) is 6.70. The van der Waals surface area contributed by atoms with Gasteiger partial charge in [0.1, 0.15) is 17.3 Å². The standard InChI is InChI=1S/C12H18ClN5O/c1-9-10(13)17-12-15-8-16-18(12)11(9)14-6-4-3-5-7-19-2/h8,14H,3-7H2,1-2H3. The summed E-state index contributed by atoms with van der Waals surface area (Å²) < 4.78 is 6.70. The van der Waals surface area contributed by atoms with E-state index in [9.17, 15) is 0 Å². The van der Waals surface area contributed by atoms with E-state index in [-0.39, 0.29) is 0 Å². The lowest BCUT2D eigenvalue weighted by atomic mass is 10.2. The Morgan fingerprint density at radius 1 is 1.37 bits per heavy atom. The number of hydrogen-bond acceptors (Lipinski definition) is 5. The summed E-state index contributed by atoms with van der Waals surface area (Å²) in [5, 5.41) is 7.97. The Morgan fingerprint density at radius 3 is 3.00 bits per heavy atom. The van der Waals surface area contributed by atoms with Crippen molar-refractivity contribution in [3.8, 4) is 0 Å². The van der Waals surface area contributed by atoms with Gasteiger partial charge in [-0.15, -0.1) is 0 Å². The number of rotatable bonds is 7. The number of ether oxygens (including phenoxy) is 1. The minimum atomic E-state index is 0.461. The van der Waals surface area contributed by atoms with Gasteiger partial charge in [0.05, 0.1) is 0 Å². The highest BCUT2D eigenvalue weighted by molar-refractivity contribution is 6.30. The lowest BCUT2D eigenvalue weighted by Crippen LogP contribution is -2.10. The second-order valence-corrected chi connectivity index (χ2v) is 4.69. The van der Waals surface area contributed by atoms with Gasteiger partial charge in [0.15, 0.2) is 0 Å². The first-order chi connectivity index (χ1) is 9.24. The van der Waals surface area contributed by atoms with Crippen molar-refractivity contribution in [1.82, 2.24) is 19.6 Å². The molecule has 7 heteroatoms. The molecule has 0 atom stereocenters. The van der Waals surface area contributed by atoms with E-state index < -0.39 is 0 Å². The van der Waals surface area contributed by atoms with Gasteiger partial charge in [-0.3, -0.25) is 0 Å². The topological polar surface area (TPSA) is 64.3 Å². The third-order valence-corrected chi connectivity index (χ3v) is 3.29. The molecular weight excluding hydrogens is 266 g/mol. The van der Waals surface area contributed by atoms with Crippen LogP contribution in [0.4, 0.5) is 5.82 Å². The molecule has 0 saturated carbocycles. The third-order valence-electron chi connectivity index (χ3n) is 2.92. The normalized spacial score (nSPS) is 11.1. The van der Waals surface area contributed by atoms with Crippen LogP contribution < -0.4 is 5.32 Å². The van der Waals surface area contributed by atoms with Crippen LogP contribution in [0.1, 0.15) is 24.8 Å². The van der Waals surface area contributed by atoms with E-state index in [0.29, 0.717) is 10.9 Å². The van der Waals surface area contributed by atoms with Gasteiger partial charge in [-0.1, -0.05) is 11.6 Å². The molecule has 19 heavy (non-hydrogen) atoms. The molecule has 0 spiro atoms. The molecule has 0 aromatic carbocycles. The summed E-state index contributed by atoms with van der Waals surface area (Å²) in [6.45, 7) is 3.59. The maximum Gasteiger partial charge on any atom is 0.255 e. The predicted octanol–water partition coefficient (Wildman–Crippen LogP) is 2.31. The molecule has 0 aliphatic rings. The fourth-order valence-electron chi connectivity index (χ4n) is 1.86. The number of halogens is 1. The minimum absolute atomic E-state index is 0.461. The third kappa shape index (κ3) is 3.33. The zero-order valence-corrected chi connectivity index (χ0v) is 11.9. The molecule has 0 saturated heterocycles. The quantitative estimate of drug-likeness (QED) is 0.624. The number of unbranched alkanes of at least 4 members (excludes halogenated alkanes) is 2. The van der Waals surface area contributed by atoms with Gasteiger partial charge in [-0.2, -0.15) is 19.6 Å². The molecule has 104 valence electrons. The molecule has 1 N–H and O–H groups in total. The van der Waals surface area contributed by atoms with Gasteiger partial charge in [-0.05, 0) is 26.2 Å². The van der Waals surface area contributed by atoms with Crippen LogP contribution in [-0.2, 0) is 4.74 Å². The van der Waals surface area contributed by atoms with Gasteiger partial charge in [0, 0.05) is 25.8 Å². The lowest BCUT2D eigenvalue weighted by molar-refractivity contribution is 0.192. The van der Waals surface area contributed by atoms with Crippen LogP contribution in [0.5, 0.6) is 0 Å². The zero-order chi connectivity index (χ0) is 13.7. The van der Waals surface area contributed by atoms with Crippen molar-refractivity contribution in [3.63, 3.8) is 0 Å². The summed E-state index contributed by atoms with van der Waals surface area (Å²) in [5.74, 6) is 1.37. The molecule has 6 nitrogen and oxygen atoms in total. The first kappa shape index (κ1) is 14.0. The Morgan fingerprint density at radius 2 is 2.21 bits per heavy atom. The number of anilines is 1. The molecule has 0 aliphatic carbocycles. The van der Waals surface area contributed by atoms with Crippen molar-refractivity contribution >= 4 is 23.2 Å². The second kappa shape index (κ2) is 6.68. The van der Waals surface area contributed by atoms with Crippen LogP contribution in [0, 0.1) is 6.92 Å². The SMILES string of the molecule is COCCCCCNc1c(C)c(Cl)nc2ncnn12. The number of nitrogens with one attached hydrogen (secondary N) is 1. The molecule has 2 rings (SSSR count). The number of aromatic nitrogens is 4. The van der Waals surface area contributed by atoms with E-state index in [0.717, 1.165) is 43.8 Å². The number of nitrogens with zero attached hydrogens (tertiary/aromatic N) is 4. The average Bonchev–Trinajstić information content (AvgIpc) is 2.85. The lowest BCUT2D eigenvalue weighted by Gasteiger charge is -2.11. The molecule has 0 aliphatic heterocycles. The molecule has 0 bridgehead atoms. The van der Waals surface area contributed by atoms with E-state index in [1.165, 1.54) is 6.33 Å². The highest BCUT2D eigenvalue weighted by Crippen LogP contribution is 2.21. The second-order valence-electron chi connectivity index (χ2n) is 4.33. The van der Waals surface area contributed by atoms with E-state index in [4.69, 9.17) is 16.3 Å². The van der Waals surface area contributed by atoms with Gasteiger partial charge in [0.25, 0.3) is 5.78 Å². The molecule has 0 fully saturated rings. The van der Waals surface area contributed by atoms with Crippen LogP contribution in [-0.4, -0.2) is 39.8 Å². The van der Waals surface area contributed by atoms with Crippen molar-refractivity contribution in [2.24, 2.45) is 0 Å². The minimum Gasteiger partial charge on any atom is -0.385 e. The monoisotopic (exact) mass is 283 g/mol. The van der Waals surface area contributed by atoms with Crippen molar-refractivity contribution < 1.29 is 4.74 Å². The van der Waals surface area contributed by atoms with E-state index in [2.05, 4.69) is 20.4 Å². The van der Waals surface area contributed by atoms with Crippen LogP contribution in [0.15, 0.2) is 6.33 Å². The maximum atomic E-state index is 6.08. The number of hydrogen-bond donors (Lipinski definition) is 1. The molecule has 0 unspecified atom stereocenters. The fourth-order valence-corrected chi connectivity index (χ4v) is 2.03. The maximum absolute atomic E-state index is 6.08. The average molecular weight is 284 g/mol. The highest BCUT2D eigenvalue weighted by Gasteiger charge is 2.11. The van der Waals surface area contributed by atoms with Gasteiger partial charge < -0.3 is 10.1 Å². The van der Waals surface area contributed by atoms with Crippen molar-refractivity contribution in [2.75, 3.05) is 25.6 Å². The highest BCUT2D eigenvalue weighted by atomic mass is 35.5. The van der Waals surface area contributed by atoms with Crippen molar-refractivity contribution in [2.45, 2.75) is 26.2 Å². The van der Waals surface area contributed by atoms with Gasteiger partial charge in [0.2, 0.25) is 0 Å². The Bertz CT molecular complexity index is 542. The fraction of sp³-hybridized carbons (Fsp3) is 0.583.